The molecule has 1 heterocycles. The standard InChI is InChI=1S/C20H24Cl2N4O2S/c1-12(2)10-23-17(27)8-9-26(13-6-7-13)19(28)16-11-29-20(25-16)24-15-5-3-4-14(21)18(15)22/h3-5,11-13H,6-10H2,1-2H3,(H,23,27)(H,24,25). The number of hydrogen-bond acceptors (Lipinski definition) is 5. The zero-order chi connectivity index (χ0) is 21.0. The van der Waals surface area contributed by atoms with Gasteiger partial charge in [0.15, 0.2) is 5.13 Å². The number of aromatic nitrogens is 1. The third-order valence-corrected chi connectivity index (χ3v) is 6.03. The van der Waals surface area contributed by atoms with Crippen molar-refractivity contribution < 1.29 is 9.59 Å². The van der Waals surface area contributed by atoms with E-state index < -0.39 is 0 Å². The third kappa shape index (κ3) is 6.07. The van der Waals surface area contributed by atoms with E-state index >= 15 is 0 Å². The SMILES string of the molecule is CC(C)CNC(=O)CCN(C(=O)c1csc(Nc2cccc(Cl)c2Cl)n1)C1CC1. The first-order valence-electron chi connectivity index (χ1n) is 9.59. The van der Waals surface area contributed by atoms with Crippen LogP contribution in [0.15, 0.2) is 23.6 Å². The first-order chi connectivity index (χ1) is 13.8. The summed E-state index contributed by atoms with van der Waals surface area (Å²) in [7, 11) is 0. The fourth-order valence-electron chi connectivity index (χ4n) is 2.76. The highest BCUT2D eigenvalue weighted by Gasteiger charge is 2.34. The van der Waals surface area contributed by atoms with Gasteiger partial charge in [-0.15, -0.1) is 11.3 Å². The van der Waals surface area contributed by atoms with Crippen LogP contribution in [0.5, 0.6) is 0 Å². The van der Waals surface area contributed by atoms with Gasteiger partial charge in [-0.25, -0.2) is 4.98 Å². The van der Waals surface area contributed by atoms with E-state index in [-0.39, 0.29) is 17.9 Å². The van der Waals surface area contributed by atoms with E-state index in [0.717, 1.165) is 12.8 Å². The molecule has 1 aliphatic carbocycles. The van der Waals surface area contributed by atoms with Gasteiger partial charge < -0.3 is 15.5 Å². The zero-order valence-corrected chi connectivity index (χ0v) is 18.7. The molecule has 0 unspecified atom stereocenters. The van der Waals surface area contributed by atoms with Crippen LogP contribution in [-0.4, -0.2) is 40.8 Å². The van der Waals surface area contributed by atoms with Crippen LogP contribution in [-0.2, 0) is 4.79 Å². The van der Waals surface area contributed by atoms with Gasteiger partial charge in [0.25, 0.3) is 5.91 Å². The fraction of sp³-hybridized carbons (Fsp3) is 0.450. The van der Waals surface area contributed by atoms with Crippen molar-refractivity contribution in [1.29, 1.82) is 0 Å². The van der Waals surface area contributed by atoms with Gasteiger partial charge in [0.2, 0.25) is 5.91 Å². The predicted molar refractivity (Wildman–Crippen MR) is 118 cm³/mol. The smallest absolute Gasteiger partial charge is 0.273 e. The lowest BCUT2D eigenvalue weighted by Gasteiger charge is -2.21. The molecule has 1 fully saturated rings. The Bertz CT molecular complexity index is 883. The Labute approximate surface area is 184 Å². The number of anilines is 2. The molecule has 0 bridgehead atoms. The minimum atomic E-state index is -0.148. The number of amides is 2. The number of nitrogens with one attached hydrogen (secondary N) is 2. The topological polar surface area (TPSA) is 74.3 Å². The first kappa shape index (κ1) is 21.9. The van der Waals surface area contributed by atoms with E-state index in [2.05, 4.69) is 15.6 Å². The summed E-state index contributed by atoms with van der Waals surface area (Å²) in [5.74, 6) is 0.216. The highest BCUT2D eigenvalue weighted by atomic mass is 35.5. The lowest BCUT2D eigenvalue weighted by molar-refractivity contribution is -0.121. The summed E-state index contributed by atoms with van der Waals surface area (Å²) >= 11 is 13.6. The molecule has 2 N–H and O–H groups in total. The van der Waals surface area contributed by atoms with Crippen molar-refractivity contribution in [2.45, 2.75) is 39.2 Å². The number of hydrogen-bond donors (Lipinski definition) is 2. The van der Waals surface area contributed by atoms with E-state index in [0.29, 0.717) is 52.0 Å². The van der Waals surface area contributed by atoms with E-state index in [1.54, 1.807) is 28.5 Å². The van der Waals surface area contributed by atoms with Crippen molar-refractivity contribution in [3.8, 4) is 0 Å². The highest BCUT2D eigenvalue weighted by Crippen LogP contribution is 2.33. The minimum absolute atomic E-state index is 0.0339. The molecule has 0 radical (unpaired) electrons. The Morgan fingerprint density at radius 3 is 2.76 bits per heavy atom. The molecule has 1 aromatic carbocycles. The molecule has 0 spiro atoms. The lowest BCUT2D eigenvalue weighted by atomic mass is 10.2. The zero-order valence-electron chi connectivity index (χ0n) is 16.4. The summed E-state index contributed by atoms with van der Waals surface area (Å²) in [6.07, 6.45) is 2.22. The van der Waals surface area contributed by atoms with Crippen LogP contribution >= 0.6 is 34.5 Å². The van der Waals surface area contributed by atoms with E-state index in [4.69, 9.17) is 23.2 Å². The van der Waals surface area contributed by atoms with Gasteiger partial charge in [-0.3, -0.25) is 9.59 Å². The average Bonchev–Trinajstić information content (AvgIpc) is 3.41. The number of carbonyl (C=O) groups excluding carboxylic acids is 2. The summed E-state index contributed by atoms with van der Waals surface area (Å²) in [6.45, 7) is 5.13. The van der Waals surface area contributed by atoms with Crippen molar-refractivity contribution in [3.63, 3.8) is 0 Å². The quantitative estimate of drug-likeness (QED) is 0.561. The minimum Gasteiger partial charge on any atom is -0.356 e. The Hall–Kier alpha value is -1.83. The number of carbonyl (C=O) groups is 2. The number of halogens is 2. The predicted octanol–water partition coefficient (Wildman–Crippen LogP) is 4.96. The van der Waals surface area contributed by atoms with Crippen molar-refractivity contribution in [2.24, 2.45) is 5.92 Å². The van der Waals surface area contributed by atoms with Gasteiger partial charge in [0.1, 0.15) is 5.69 Å². The molecule has 1 aromatic heterocycles. The highest BCUT2D eigenvalue weighted by molar-refractivity contribution is 7.14. The second-order valence-corrected chi connectivity index (χ2v) is 9.09. The van der Waals surface area contributed by atoms with Gasteiger partial charge in [-0.05, 0) is 30.9 Å². The van der Waals surface area contributed by atoms with Gasteiger partial charge in [0.05, 0.1) is 15.7 Å². The molecule has 1 aliphatic rings. The number of benzene rings is 1. The van der Waals surface area contributed by atoms with Crippen LogP contribution < -0.4 is 10.6 Å². The maximum atomic E-state index is 13.0. The molecule has 1 saturated carbocycles. The molecule has 3 rings (SSSR count). The molecule has 0 aliphatic heterocycles. The van der Waals surface area contributed by atoms with Crippen LogP contribution in [0.4, 0.5) is 10.8 Å². The normalized spacial score (nSPS) is 13.4. The van der Waals surface area contributed by atoms with Gasteiger partial charge >= 0.3 is 0 Å². The first-order valence-corrected chi connectivity index (χ1v) is 11.2. The molecule has 9 heteroatoms. The summed E-state index contributed by atoms with van der Waals surface area (Å²) in [5.41, 5.74) is 0.999. The third-order valence-electron chi connectivity index (χ3n) is 4.45. The fourth-order valence-corrected chi connectivity index (χ4v) is 3.80. The molecule has 2 aromatic rings. The molecule has 29 heavy (non-hydrogen) atoms. The summed E-state index contributed by atoms with van der Waals surface area (Å²) in [5, 5.41) is 9.13. The van der Waals surface area contributed by atoms with Crippen molar-refractivity contribution in [1.82, 2.24) is 15.2 Å². The number of rotatable bonds is 9. The monoisotopic (exact) mass is 454 g/mol. The Kier molecular flexibility index (Phi) is 7.38. The Morgan fingerprint density at radius 2 is 2.07 bits per heavy atom. The van der Waals surface area contributed by atoms with Crippen LogP contribution in [0.1, 0.15) is 43.6 Å². The second-order valence-electron chi connectivity index (χ2n) is 7.44. The number of nitrogens with zero attached hydrogens (tertiary/aromatic N) is 2. The van der Waals surface area contributed by atoms with E-state index in [9.17, 15) is 9.59 Å². The summed E-state index contributed by atoms with van der Waals surface area (Å²) < 4.78 is 0. The summed E-state index contributed by atoms with van der Waals surface area (Å²) in [6, 6.07) is 5.48. The summed E-state index contributed by atoms with van der Waals surface area (Å²) in [4.78, 5) is 31.2. The van der Waals surface area contributed by atoms with Crippen LogP contribution in [0.3, 0.4) is 0 Å². The van der Waals surface area contributed by atoms with Crippen LogP contribution in [0.2, 0.25) is 10.0 Å². The van der Waals surface area contributed by atoms with Crippen molar-refractivity contribution in [2.75, 3.05) is 18.4 Å². The molecule has 156 valence electrons. The molecular formula is C20H24Cl2N4O2S. The second kappa shape index (κ2) is 9.78. The molecular weight excluding hydrogens is 431 g/mol. The maximum absolute atomic E-state index is 13.0. The largest absolute Gasteiger partial charge is 0.356 e. The van der Waals surface area contributed by atoms with E-state index in [1.165, 1.54) is 11.3 Å². The van der Waals surface area contributed by atoms with Crippen LogP contribution in [0, 0.1) is 5.92 Å². The average molecular weight is 455 g/mol. The number of thiazole rings is 1. The van der Waals surface area contributed by atoms with Gasteiger partial charge in [-0.2, -0.15) is 0 Å². The Morgan fingerprint density at radius 1 is 1.31 bits per heavy atom. The molecule has 2 amide bonds. The van der Waals surface area contributed by atoms with Crippen molar-refractivity contribution >= 4 is 57.2 Å². The Balaban J connectivity index is 1.62. The van der Waals surface area contributed by atoms with Gasteiger partial charge in [-0.1, -0.05) is 43.1 Å². The maximum Gasteiger partial charge on any atom is 0.273 e. The van der Waals surface area contributed by atoms with Gasteiger partial charge in [0, 0.05) is 30.9 Å². The molecule has 6 nitrogen and oxygen atoms in total. The lowest BCUT2D eigenvalue weighted by Crippen LogP contribution is -2.37. The van der Waals surface area contributed by atoms with E-state index in [1.807, 2.05) is 13.8 Å². The van der Waals surface area contributed by atoms with Crippen LogP contribution in [0.25, 0.3) is 0 Å². The van der Waals surface area contributed by atoms with Crippen molar-refractivity contribution in [3.05, 3.63) is 39.3 Å². The molecule has 0 atom stereocenters. The molecule has 0 saturated heterocycles.